The summed E-state index contributed by atoms with van der Waals surface area (Å²) in [4.78, 5) is 27.7. The number of hydrogen-bond donors (Lipinski definition) is 1. The van der Waals surface area contributed by atoms with Crippen LogP contribution in [-0.4, -0.2) is 25.6 Å². The van der Waals surface area contributed by atoms with Crippen LogP contribution in [-0.2, 0) is 0 Å². The van der Waals surface area contributed by atoms with Crippen LogP contribution < -0.4 is 5.32 Å². The second kappa shape index (κ2) is 8.49. The van der Waals surface area contributed by atoms with E-state index >= 15 is 0 Å². The minimum absolute atomic E-state index is 0.0501. The number of carbonyl (C=O) groups excluding carboxylic acids is 1. The number of hydrogen-bond acceptors (Lipinski definition) is 5. The molecule has 0 saturated carbocycles. The van der Waals surface area contributed by atoms with Crippen LogP contribution in [0, 0.1) is 17.0 Å². The average molecular weight is 478 g/mol. The molecule has 0 spiro atoms. The zero-order chi connectivity index (χ0) is 22.0. The van der Waals surface area contributed by atoms with Gasteiger partial charge in [0.1, 0.15) is 0 Å². The van der Waals surface area contributed by atoms with Gasteiger partial charge < -0.3 is 5.32 Å². The first-order chi connectivity index (χ1) is 14.9. The predicted octanol–water partition coefficient (Wildman–Crippen LogP) is 5.17. The second-order valence-corrected chi connectivity index (χ2v) is 7.69. The summed E-state index contributed by atoms with van der Waals surface area (Å²) in [6, 6.07) is 20.9. The lowest BCUT2D eigenvalue weighted by Gasteiger charge is -2.07. The van der Waals surface area contributed by atoms with Gasteiger partial charge >= 0.3 is 0 Å². The van der Waals surface area contributed by atoms with E-state index in [4.69, 9.17) is 0 Å². The molecule has 31 heavy (non-hydrogen) atoms. The highest BCUT2D eigenvalue weighted by Crippen LogP contribution is 2.24. The van der Waals surface area contributed by atoms with Crippen molar-refractivity contribution in [2.45, 2.75) is 6.92 Å². The Hall–Kier alpha value is -3.85. The Morgan fingerprint density at radius 1 is 1.06 bits per heavy atom. The summed E-state index contributed by atoms with van der Waals surface area (Å²) < 4.78 is 2.53. The number of benzene rings is 3. The minimum atomic E-state index is -0.565. The summed E-state index contributed by atoms with van der Waals surface area (Å²) in [5, 5.41) is 18.0. The molecule has 0 saturated heterocycles. The first kappa shape index (κ1) is 20.4. The number of carbonyl (C=O) groups is 1. The number of non-ortho nitro benzene ring substituents is 1. The summed E-state index contributed by atoms with van der Waals surface area (Å²) in [5.41, 5.74) is 2.76. The Balaban J connectivity index is 1.74. The number of nitrogens with one attached hydrogen (secondary N) is 1. The molecule has 0 atom stereocenters. The van der Waals surface area contributed by atoms with Gasteiger partial charge in [-0.2, -0.15) is 0 Å². The topological polar surface area (TPSA) is 103 Å². The summed E-state index contributed by atoms with van der Waals surface area (Å²) in [6.45, 7) is 1.97. The fraction of sp³-hybridized carbons (Fsp3) is 0.0455. The zero-order valence-electron chi connectivity index (χ0n) is 16.3. The second-order valence-electron chi connectivity index (χ2n) is 6.78. The van der Waals surface area contributed by atoms with Crippen molar-refractivity contribution < 1.29 is 9.72 Å². The lowest BCUT2D eigenvalue weighted by atomic mass is 10.2. The number of rotatable bonds is 5. The maximum absolute atomic E-state index is 12.8. The van der Waals surface area contributed by atoms with Crippen LogP contribution in [0.2, 0.25) is 0 Å². The van der Waals surface area contributed by atoms with Gasteiger partial charge in [0.2, 0.25) is 5.82 Å². The molecule has 0 radical (unpaired) electrons. The third-order valence-electron chi connectivity index (χ3n) is 4.47. The van der Waals surface area contributed by atoms with Crippen molar-refractivity contribution in [2.24, 2.45) is 0 Å². The normalized spacial score (nSPS) is 10.6. The van der Waals surface area contributed by atoms with E-state index in [0.29, 0.717) is 5.82 Å². The van der Waals surface area contributed by atoms with Crippen LogP contribution in [0.4, 0.5) is 11.4 Å². The Bertz CT molecular complexity index is 1280. The lowest BCUT2D eigenvalue weighted by molar-refractivity contribution is -0.384. The van der Waals surface area contributed by atoms with Crippen LogP contribution in [0.3, 0.4) is 0 Å². The van der Waals surface area contributed by atoms with Crippen molar-refractivity contribution in [3.63, 3.8) is 0 Å². The molecular weight excluding hydrogens is 462 g/mol. The van der Waals surface area contributed by atoms with Gasteiger partial charge in [-0.3, -0.25) is 14.9 Å². The number of amides is 1. The number of aromatic nitrogens is 3. The van der Waals surface area contributed by atoms with E-state index in [0.717, 1.165) is 21.3 Å². The maximum Gasteiger partial charge on any atom is 0.295 e. The Labute approximate surface area is 185 Å². The quantitative estimate of drug-likeness (QED) is 0.315. The van der Waals surface area contributed by atoms with Crippen LogP contribution in [0.1, 0.15) is 16.2 Å². The predicted molar refractivity (Wildman–Crippen MR) is 120 cm³/mol. The molecule has 0 unspecified atom stereocenters. The molecule has 1 heterocycles. The molecule has 3 aromatic carbocycles. The third-order valence-corrected chi connectivity index (χ3v) is 5.00. The first-order valence-electron chi connectivity index (χ1n) is 9.26. The van der Waals surface area contributed by atoms with Crippen molar-refractivity contribution in [1.82, 2.24) is 14.8 Å². The SMILES string of the molecule is Cc1cccc(-n2nc(C(=O)Nc3cccc([N+](=O)[O-])c3)nc2-c2ccc(Br)cc2)c1. The number of halogens is 1. The van der Waals surface area contributed by atoms with Gasteiger partial charge in [0.05, 0.1) is 10.6 Å². The molecule has 8 nitrogen and oxygen atoms in total. The molecule has 0 bridgehead atoms. The van der Waals surface area contributed by atoms with Crippen LogP contribution in [0.15, 0.2) is 77.3 Å². The van der Waals surface area contributed by atoms with E-state index < -0.39 is 10.8 Å². The number of anilines is 1. The van der Waals surface area contributed by atoms with Crippen LogP contribution in [0.25, 0.3) is 17.1 Å². The maximum atomic E-state index is 12.8. The van der Waals surface area contributed by atoms with Crippen molar-refractivity contribution in [3.8, 4) is 17.1 Å². The van der Waals surface area contributed by atoms with E-state index in [1.54, 1.807) is 10.7 Å². The fourth-order valence-electron chi connectivity index (χ4n) is 3.02. The van der Waals surface area contributed by atoms with E-state index in [9.17, 15) is 14.9 Å². The molecule has 0 aliphatic carbocycles. The third kappa shape index (κ3) is 4.51. The van der Waals surface area contributed by atoms with E-state index in [1.807, 2.05) is 55.5 Å². The van der Waals surface area contributed by atoms with Crippen LogP contribution >= 0.6 is 15.9 Å². The lowest BCUT2D eigenvalue weighted by Crippen LogP contribution is -2.14. The van der Waals surface area contributed by atoms with Gasteiger partial charge in [0.25, 0.3) is 11.6 Å². The molecule has 1 aromatic heterocycles. The van der Waals surface area contributed by atoms with Gasteiger partial charge in [-0.1, -0.05) is 46.3 Å². The van der Waals surface area contributed by atoms with Gasteiger partial charge in [-0.25, -0.2) is 9.67 Å². The Kier molecular flexibility index (Phi) is 5.59. The molecule has 1 N–H and O–H groups in total. The molecule has 0 aliphatic rings. The van der Waals surface area contributed by atoms with Gasteiger partial charge in [0.15, 0.2) is 5.82 Å². The number of nitro benzene ring substituents is 1. The van der Waals surface area contributed by atoms with E-state index in [-0.39, 0.29) is 17.2 Å². The highest BCUT2D eigenvalue weighted by atomic mass is 79.9. The van der Waals surface area contributed by atoms with Gasteiger partial charge in [0, 0.05) is 27.9 Å². The highest BCUT2D eigenvalue weighted by molar-refractivity contribution is 9.10. The molecule has 154 valence electrons. The summed E-state index contributed by atoms with van der Waals surface area (Å²) in [6.07, 6.45) is 0. The zero-order valence-corrected chi connectivity index (χ0v) is 17.9. The molecule has 1 amide bonds. The monoisotopic (exact) mass is 477 g/mol. The first-order valence-corrected chi connectivity index (χ1v) is 10.1. The van der Waals surface area contributed by atoms with Crippen molar-refractivity contribution in [2.75, 3.05) is 5.32 Å². The van der Waals surface area contributed by atoms with E-state index in [1.165, 1.54) is 18.2 Å². The molecule has 9 heteroatoms. The number of aryl methyl sites for hydroxylation is 1. The molecule has 0 fully saturated rings. The Morgan fingerprint density at radius 3 is 2.52 bits per heavy atom. The minimum Gasteiger partial charge on any atom is -0.319 e. The average Bonchev–Trinajstić information content (AvgIpc) is 3.20. The Morgan fingerprint density at radius 2 is 1.81 bits per heavy atom. The van der Waals surface area contributed by atoms with Crippen molar-refractivity contribution in [1.29, 1.82) is 0 Å². The molecule has 0 aliphatic heterocycles. The molecule has 4 rings (SSSR count). The fourth-order valence-corrected chi connectivity index (χ4v) is 3.28. The number of nitro groups is 1. The number of nitrogens with zero attached hydrogens (tertiary/aromatic N) is 4. The van der Waals surface area contributed by atoms with Crippen LogP contribution in [0.5, 0.6) is 0 Å². The van der Waals surface area contributed by atoms with Gasteiger partial charge in [-0.15, -0.1) is 5.10 Å². The largest absolute Gasteiger partial charge is 0.319 e. The summed E-state index contributed by atoms with van der Waals surface area (Å²) in [5.74, 6) is -0.113. The van der Waals surface area contributed by atoms with E-state index in [2.05, 4.69) is 31.3 Å². The smallest absolute Gasteiger partial charge is 0.295 e. The van der Waals surface area contributed by atoms with Gasteiger partial charge in [-0.05, 0) is 42.8 Å². The standard InChI is InChI=1S/C22H16BrN5O3/c1-14-4-2-6-18(12-14)27-21(15-8-10-16(23)11-9-15)25-20(26-27)22(29)24-17-5-3-7-19(13-17)28(30)31/h2-13H,1H3,(H,24,29). The molecular formula is C22H16BrN5O3. The highest BCUT2D eigenvalue weighted by Gasteiger charge is 2.19. The molecule has 4 aromatic rings. The summed E-state index contributed by atoms with van der Waals surface area (Å²) in [7, 11) is 0. The van der Waals surface area contributed by atoms with Crippen molar-refractivity contribution >= 4 is 33.2 Å². The van der Waals surface area contributed by atoms with Crippen molar-refractivity contribution in [3.05, 3.63) is 98.8 Å². The summed E-state index contributed by atoms with van der Waals surface area (Å²) >= 11 is 3.42.